The molecule has 2 saturated heterocycles. The quantitative estimate of drug-likeness (QED) is 0.632. The van der Waals surface area contributed by atoms with Crippen LogP contribution in [0.2, 0.25) is 0 Å². The number of nitrogens with zero attached hydrogens (tertiary/aromatic N) is 2. The summed E-state index contributed by atoms with van der Waals surface area (Å²) in [5.74, 6) is 0.127. The molecule has 4 rings (SSSR count). The molecule has 31 heavy (non-hydrogen) atoms. The van der Waals surface area contributed by atoms with Gasteiger partial charge in [-0.1, -0.05) is 31.5 Å². The highest BCUT2D eigenvalue weighted by Gasteiger charge is 2.60. The number of hydroxylamine groups is 1. The Balaban J connectivity index is 1.82. The number of anilines is 1. The average Bonchev–Trinajstić information content (AvgIpc) is 3.28. The number of benzene rings is 2. The van der Waals surface area contributed by atoms with Gasteiger partial charge in [-0.15, -0.1) is 0 Å². The number of carbonyl (C=O) groups excluding carboxylic acids is 2. The predicted octanol–water partition coefficient (Wildman–Crippen LogP) is 3.66. The lowest BCUT2D eigenvalue weighted by Gasteiger charge is -2.30. The minimum absolute atomic E-state index is 0.192. The molecule has 2 heterocycles. The summed E-state index contributed by atoms with van der Waals surface area (Å²) >= 11 is 0. The van der Waals surface area contributed by atoms with E-state index in [0.717, 1.165) is 29.7 Å². The molecule has 7 nitrogen and oxygen atoms in total. The van der Waals surface area contributed by atoms with Crippen LogP contribution in [0.5, 0.6) is 11.5 Å². The zero-order chi connectivity index (χ0) is 22.1. The van der Waals surface area contributed by atoms with Crippen molar-refractivity contribution in [2.75, 3.05) is 25.8 Å². The van der Waals surface area contributed by atoms with Crippen molar-refractivity contribution in [2.24, 2.45) is 5.92 Å². The molecule has 2 fully saturated rings. The van der Waals surface area contributed by atoms with Crippen LogP contribution in [0.15, 0.2) is 42.5 Å². The number of amides is 2. The van der Waals surface area contributed by atoms with Crippen molar-refractivity contribution < 1.29 is 23.9 Å². The van der Waals surface area contributed by atoms with Gasteiger partial charge in [0.15, 0.2) is 6.10 Å². The summed E-state index contributed by atoms with van der Waals surface area (Å²) in [4.78, 5) is 34.1. The second-order valence-electron chi connectivity index (χ2n) is 7.90. The van der Waals surface area contributed by atoms with Crippen molar-refractivity contribution in [1.82, 2.24) is 4.90 Å². The highest BCUT2D eigenvalue weighted by atomic mass is 16.7. The van der Waals surface area contributed by atoms with Crippen LogP contribution >= 0.6 is 0 Å². The number of likely N-dealkylation sites (tertiary alicyclic amines) is 1. The summed E-state index contributed by atoms with van der Waals surface area (Å²) < 4.78 is 11.0. The number of fused-ring (bicyclic) bond motifs is 1. The fourth-order valence-corrected chi connectivity index (χ4v) is 4.41. The molecular weight excluding hydrogens is 396 g/mol. The smallest absolute Gasteiger partial charge is 0.261 e. The largest absolute Gasteiger partial charge is 0.497 e. The molecule has 2 aliphatic rings. The first-order valence-electron chi connectivity index (χ1n) is 10.6. The standard InChI is InChI=1S/C24H28N2O5/c1-5-6-13-25-23(27)20-21(17-12-11-16(29-3)14-19(17)30-4)26(31-22(20)24(25)28)18-10-8-7-9-15(18)2/h7-12,14,20-22H,5-6,13H2,1-4H3. The molecule has 0 bridgehead atoms. The fourth-order valence-electron chi connectivity index (χ4n) is 4.41. The van der Waals surface area contributed by atoms with Gasteiger partial charge in [-0.2, -0.15) is 0 Å². The molecule has 0 radical (unpaired) electrons. The Morgan fingerprint density at radius 3 is 2.48 bits per heavy atom. The van der Waals surface area contributed by atoms with Crippen molar-refractivity contribution in [3.05, 3.63) is 53.6 Å². The second kappa shape index (κ2) is 8.59. The Morgan fingerprint density at radius 2 is 1.81 bits per heavy atom. The zero-order valence-corrected chi connectivity index (χ0v) is 18.3. The van der Waals surface area contributed by atoms with Gasteiger partial charge >= 0.3 is 0 Å². The number of carbonyl (C=O) groups is 2. The molecule has 2 aromatic rings. The first kappa shape index (κ1) is 21.2. The summed E-state index contributed by atoms with van der Waals surface area (Å²) in [6, 6.07) is 12.8. The number of aryl methyl sites for hydroxylation is 1. The number of para-hydroxylation sites is 1. The zero-order valence-electron chi connectivity index (χ0n) is 18.3. The second-order valence-corrected chi connectivity index (χ2v) is 7.90. The Kier molecular flexibility index (Phi) is 5.87. The van der Waals surface area contributed by atoms with Crippen LogP contribution in [0.3, 0.4) is 0 Å². The lowest BCUT2D eigenvalue weighted by atomic mass is 9.89. The molecule has 3 atom stereocenters. The minimum Gasteiger partial charge on any atom is -0.497 e. The van der Waals surface area contributed by atoms with Crippen LogP contribution in [-0.2, 0) is 14.4 Å². The molecule has 7 heteroatoms. The van der Waals surface area contributed by atoms with Gasteiger partial charge in [-0.25, -0.2) is 5.06 Å². The van der Waals surface area contributed by atoms with E-state index in [4.69, 9.17) is 14.3 Å². The SMILES string of the molecule is CCCCN1C(=O)C2ON(c3ccccc3C)C(c3ccc(OC)cc3OC)C2C1=O. The van der Waals surface area contributed by atoms with Crippen molar-refractivity contribution in [2.45, 2.75) is 38.8 Å². The Bertz CT molecular complexity index is 992. The van der Waals surface area contributed by atoms with E-state index in [0.29, 0.717) is 18.0 Å². The van der Waals surface area contributed by atoms with E-state index in [-0.39, 0.29) is 11.8 Å². The number of imide groups is 1. The van der Waals surface area contributed by atoms with Crippen LogP contribution in [-0.4, -0.2) is 43.6 Å². The van der Waals surface area contributed by atoms with Gasteiger partial charge in [0, 0.05) is 18.2 Å². The van der Waals surface area contributed by atoms with Crippen LogP contribution in [0.4, 0.5) is 5.69 Å². The lowest BCUT2D eigenvalue weighted by molar-refractivity contribution is -0.143. The summed E-state index contributed by atoms with van der Waals surface area (Å²) in [7, 11) is 3.17. The third kappa shape index (κ3) is 3.53. The molecule has 0 aromatic heterocycles. The number of hydrogen-bond donors (Lipinski definition) is 0. The van der Waals surface area contributed by atoms with E-state index in [1.807, 2.05) is 50.2 Å². The average molecular weight is 424 g/mol. The third-order valence-electron chi connectivity index (χ3n) is 6.05. The topological polar surface area (TPSA) is 68.3 Å². The fraction of sp³-hybridized carbons (Fsp3) is 0.417. The predicted molar refractivity (Wildman–Crippen MR) is 116 cm³/mol. The van der Waals surface area contributed by atoms with Crippen LogP contribution in [0.1, 0.15) is 36.9 Å². The first-order valence-corrected chi connectivity index (χ1v) is 10.6. The van der Waals surface area contributed by atoms with Crippen LogP contribution < -0.4 is 14.5 Å². The van der Waals surface area contributed by atoms with Gasteiger partial charge in [0.2, 0.25) is 5.91 Å². The summed E-state index contributed by atoms with van der Waals surface area (Å²) in [5, 5.41) is 1.71. The van der Waals surface area contributed by atoms with E-state index in [1.165, 1.54) is 4.90 Å². The molecule has 3 unspecified atom stereocenters. The van der Waals surface area contributed by atoms with E-state index in [2.05, 4.69) is 0 Å². The molecule has 2 aromatic carbocycles. The van der Waals surface area contributed by atoms with Crippen LogP contribution in [0.25, 0.3) is 0 Å². The highest BCUT2D eigenvalue weighted by molar-refractivity contribution is 6.07. The van der Waals surface area contributed by atoms with Gasteiger partial charge in [-0.05, 0) is 37.1 Å². The number of hydrogen-bond acceptors (Lipinski definition) is 6. The summed E-state index contributed by atoms with van der Waals surface area (Å²) in [5.41, 5.74) is 2.58. The monoisotopic (exact) mass is 424 g/mol. The van der Waals surface area contributed by atoms with Crippen molar-refractivity contribution in [1.29, 1.82) is 0 Å². The van der Waals surface area contributed by atoms with Gasteiger partial charge in [0.05, 0.1) is 25.9 Å². The van der Waals surface area contributed by atoms with Crippen LogP contribution in [0, 0.1) is 12.8 Å². The Labute approximate surface area is 182 Å². The van der Waals surface area contributed by atoms with E-state index in [1.54, 1.807) is 25.3 Å². The highest BCUT2D eigenvalue weighted by Crippen LogP contribution is 2.49. The van der Waals surface area contributed by atoms with Gasteiger partial charge in [0.1, 0.15) is 17.4 Å². The first-order chi connectivity index (χ1) is 15.0. The van der Waals surface area contributed by atoms with Gasteiger partial charge < -0.3 is 9.47 Å². The maximum absolute atomic E-state index is 13.4. The Hall–Kier alpha value is -3.06. The molecule has 0 spiro atoms. The van der Waals surface area contributed by atoms with Crippen molar-refractivity contribution >= 4 is 17.5 Å². The maximum Gasteiger partial charge on any atom is 0.261 e. The molecule has 0 saturated carbocycles. The number of unbranched alkanes of at least 4 members (excludes halogenated alkanes) is 1. The normalized spacial score (nSPS) is 22.8. The molecule has 0 aliphatic carbocycles. The Morgan fingerprint density at radius 1 is 1.03 bits per heavy atom. The molecule has 2 amide bonds. The molecule has 164 valence electrons. The number of ether oxygens (including phenoxy) is 2. The molecular formula is C24H28N2O5. The number of rotatable bonds is 7. The lowest BCUT2D eigenvalue weighted by Crippen LogP contribution is -2.38. The summed E-state index contributed by atoms with van der Waals surface area (Å²) in [6.07, 6.45) is 0.827. The third-order valence-corrected chi connectivity index (χ3v) is 6.05. The minimum atomic E-state index is -0.847. The van der Waals surface area contributed by atoms with Crippen molar-refractivity contribution in [3.63, 3.8) is 0 Å². The van der Waals surface area contributed by atoms with E-state index in [9.17, 15) is 9.59 Å². The van der Waals surface area contributed by atoms with Crippen molar-refractivity contribution in [3.8, 4) is 11.5 Å². The molecule has 2 aliphatic heterocycles. The summed E-state index contributed by atoms with van der Waals surface area (Å²) in [6.45, 7) is 4.43. The van der Waals surface area contributed by atoms with E-state index >= 15 is 0 Å². The number of methoxy groups -OCH3 is 2. The maximum atomic E-state index is 13.4. The van der Waals surface area contributed by atoms with Gasteiger partial charge in [0.25, 0.3) is 5.91 Å². The van der Waals surface area contributed by atoms with Gasteiger partial charge in [-0.3, -0.25) is 19.3 Å². The molecule has 0 N–H and O–H groups in total. The van der Waals surface area contributed by atoms with E-state index < -0.39 is 18.1 Å².